The summed E-state index contributed by atoms with van der Waals surface area (Å²) < 4.78 is 6.79. The summed E-state index contributed by atoms with van der Waals surface area (Å²) in [4.78, 5) is 17.6. The Morgan fingerprint density at radius 2 is 0.697 bits per heavy atom. The molecule has 0 aliphatic rings. The SMILES string of the molecule is c1ccc(-c2ccc(N(c3ccc(-c4ccccc4)cc3)c3cc(-c4ccc(-c5nc(-c6ccccc6)nc(-c6ccccc6)n5)c5ccccc45)cc4oc5ccccc5c34)cc2)cc1. The quantitative estimate of drug-likeness (QED) is 0.145. The Morgan fingerprint density at radius 1 is 0.288 bits per heavy atom. The zero-order chi connectivity index (χ0) is 43.8. The van der Waals surface area contributed by atoms with Gasteiger partial charge in [0.25, 0.3) is 0 Å². The number of para-hydroxylation sites is 1. The van der Waals surface area contributed by atoms with Crippen molar-refractivity contribution in [1.82, 2.24) is 15.0 Å². The second-order valence-corrected chi connectivity index (χ2v) is 16.4. The van der Waals surface area contributed by atoms with Crippen molar-refractivity contribution in [2.24, 2.45) is 0 Å². The van der Waals surface area contributed by atoms with E-state index in [0.29, 0.717) is 17.5 Å². The van der Waals surface area contributed by atoms with E-state index in [1.807, 2.05) is 66.7 Å². The molecule has 0 saturated heterocycles. The van der Waals surface area contributed by atoms with E-state index in [0.717, 1.165) is 88.7 Å². The summed E-state index contributed by atoms with van der Waals surface area (Å²) in [6.07, 6.45) is 0. The van der Waals surface area contributed by atoms with Crippen molar-refractivity contribution in [2.45, 2.75) is 0 Å². The highest BCUT2D eigenvalue weighted by Gasteiger charge is 2.23. The van der Waals surface area contributed by atoms with Crippen LogP contribution in [0.1, 0.15) is 0 Å². The summed E-state index contributed by atoms with van der Waals surface area (Å²) in [6.45, 7) is 0. The minimum Gasteiger partial charge on any atom is -0.456 e. The number of nitrogens with zero attached hydrogens (tertiary/aromatic N) is 4. The van der Waals surface area contributed by atoms with Gasteiger partial charge in [-0.3, -0.25) is 0 Å². The van der Waals surface area contributed by atoms with E-state index >= 15 is 0 Å². The fourth-order valence-electron chi connectivity index (χ4n) is 9.13. The summed E-state index contributed by atoms with van der Waals surface area (Å²) >= 11 is 0. The van der Waals surface area contributed by atoms with Gasteiger partial charge in [-0.1, -0.05) is 194 Å². The van der Waals surface area contributed by atoms with Crippen LogP contribution in [0.2, 0.25) is 0 Å². The lowest BCUT2D eigenvalue weighted by Crippen LogP contribution is -2.10. The minimum atomic E-state index is 0.614. The van der Waals surface area contributed by atoms with E-state index in [4.69, 9.17) is 19.4 Å². The smallest absolute Gasteiger partial charge is 0.164 e. The Morgan fingerprint density at radius 3 is 1.23 bits per heavy atom. The van der Waals surface area contributed by atoms with Gasteiger partial charge in [0.05, 0.1) is 11.1 Å². The van der Waals surface area contributed by atoms with Crippen molar-refractivity contribution >= 4 is 49.8 Å². The first-order valence-electron chi connectivity index (χ1n) is 22.2. The molecule has 2 heterocycles. The second kappa shape index (κ2) is 16.6. The fraction of sp³-hybridized carbons (Fsp3) is 0. The molecule has 0 spiro atoms. The van der Waals surface area contributed by atoms with E-state index < -0.39 is 0 Å². The molecule has 0 atom stereocenters. The molecule has 0 aliphatic heterocycles. The predicted molar refractivity (Wildman–Crippen MR) is 272 cm³/mol. The molecule has 0 bridgehead atoms. The number of benzene rings is 10. The van der Waals surface area contributed by atoms with Gasteiger partial charge in [0.15, 0.2) is 17.5 Å². The lowest BCUT2D eigenvalue weighted by Gasteiger charge is -2.27. The third-order valence-electron chi connectivity index (χ3n) is 12.3. The molecular weight excluding hydrogens is 805 g/mol. The molecule has 12 aromatic rings. The Kier molecular flexibility index (Phi) is 9.77. The summed E-state index contributed by atoms with van der Waals surface area (Å²) in [5, 5.41) is 4.21. The molecule has 5 heteroatoms. The van der Waals surface area contributed by atoms with E-state index in [1.54, 1.807) is 0 Å². The number of hydrogen-bond donors (Lipinski definition) is 0. The molecular formula is C61H40N4O. The van der Waals surface area contributed by atoms with E-state index in [1.165, 1.54) is 11.1 Å². The third-order valence-corrected chi connectivity index (χ3v) is 12.3. The molecule has 310 valence electrons. The Balaban J connectivity index is 1.06. The highest BCUT2D eigenvalue weighted by atomic mass is 16.3. The molecule has 2 aromatic heterocycles. The van der Waals surface area contributed by atoms with Crippen molar-refractivity contribution in [3.8, 4) is 67.5 Å². The third kappa shape index (κ3) is 7.15. The largest absolute Gasteiger partial charge is 0.456 e. The van der Waals surface area contributed by atoms with Crippen LogP contribution in [-0.2, 0) is 0 Å². The van der Waals surface area contributed by atoms with Gasteiger partial charge in [-0.15, -0.1) is 0 Å². The van der Waals surface area contributed by atoms with Gasteiger partial charge >= 0.3 is 0 Å². The molecule has 0 radical (unpaired) electrons. The zero-order valence-corrected chi connectivity index (χ0v) is 35.8. The number of aromatic nitrogens is 3. The van der Waals surface area contributed by atoms with Crippen molar-refractivity contribution in [3.05, 3.63) is 243 Å². The topological polar surface area (TPSA) is 55.1 Å². The number of fused-ring (bicyclic) bond motifs is 4. The maximum Gasteiger partial charge on any atom is 0.164 e. The summed E-state index contributed by atoms with van der Waals surface area (Å²) in [5.41, 5.74) is 14.3. The highest BCUT2D eigenvalue weighted by molar-refractivity contribution is 6.16. The van der Waals surface area contributed by atoms with Gasteiger partial charge < -0.3 is 9.32 Å². The maximum absolute atomic E-state index is 6.79. The molecule has 0 aliphatic carbocycles. The molecule has 5 nitrogen and oxygen atoms in total. The van der Waals surface area contributed by atoms with E-state index in [-0.39, 0.29) is 0 Å². The van der Waals surface area contributed by atoms with Crippen molar-refractivity contribution in [1.29, 1.82) is 0 Å². The average Bonchev–Trinajstić information content (AvgIpc) is 3.78. The standard InChI is InChI=1S/C61H40N4O/c1-5-17-41(18-6-1)43-29-33-48(34-30-43)65(49-35-31-44(32-36-49)42-19-7-2-8-20-42)55-39-47(40-57-58(55)54-27-15-16-28-56(54)66-57)50-37-38-53(52-26-14-13-25-51(50)52)61-63-59(45-21-9-3-10-22-45)62-60(64-61)46-23-11-4-12-24-46/h1-40H. The first-order chi connectivity index (χ1) is 32.7. The molecule has 0 saturated carbocycles. The van der Waals surface area contributed by atoms with Gasteiger partial charge in [-0.05, 0) is 92.7 Å². The normalized spacial score (nSPS) is 11.3. The monoisotopic (exact) mass is 844 g/mol. The van der Waals surface area contributed by atoms with Gasteiger partial charge in [0.2, 0.25) is 0 Å². The molecule has 12 rings (SSSR count). The average molecular weight is 845 g/mol. The first-order valence-corrected chi connectivity index (χ1v) is 22.2. The van der Waals surface area contributed by atoms with Crippen LogP contribution in [-0.4, -0.2) is 15.0 Å². The minimum absolute atomic E-state index is 0.614. The van der Waals surface area contributed by atoms with Gasteiger partial charge in [-0.2, -0.15) is 0 Å². The van der Waals surface area contributed by atoms with Crippen LogP contribution in [0.15, 0.2) is 247 Å². The maximum atomic E-state index is 6.79. The van der Waals surface area contributed by atoms with Crippen LogP contribution in [0, 0.1) is 0 Å². The van der Waals surface area contributed by atoms with Gasteiger partial charge in [0, 0.05) is 33.5 Å². The summed E-state index contributed by atoms with van der Waals surface area (Å²) in [7, 11) is 0. The van der Waals surface area contributed by atoms with Crippen LogP contribution in [0.25, 0.3) is 100 Å². The molecule has 66 heavy (non-hydrogen) atoms. The van der Waals surface area contributed by atoms with Crippen LogP contribution >= 0.6 is 0 Å². The number of furan rings is 1. The number of hydrogen-bond acceptors (Lipinski definition) is 5. The van der Waals surface area contributed by atoms with Crippen molar-refractivity contribution < 1.29 is 4.42 Å². The lowest BCUT2D eigenvalue weighted by molar-refractivity contribution is 0.669. The van der Waals surface area contributed by atoms with Crippen molar-refractivity contribution in [2.75, 3.05) is 4.90 Å². The molecule has 10 aromatic carbocycles. The van der Waals surface area contributed by atoms with E-state index in [2.05, 4.69) is 181 Å². The Hall–Kier alpha value is -8.93. The predicted octanol–water partition coefficient (Wildman–Crippen LogP) is 16.4. The van der Waals surface area contributed by atoms with Crippen LogP contribution in [0.4, 0.5) is 17.1 Å². The number of rotatable bonds is 9. The molecule has 0 unspecified atom stereocenters. The van der Waals surface area contributed by atoms with Crippen molar-refractivity contribution in [3.63, 3.8) is 0 Å². The zero-order valence-electron chi connectivity index (χ0n) is 35.8. The van der Waals surface area contributed by atoms with Gasteiger partial charge in [-0.25, -0.2) is 15.0 Å². The number of anilines is 3. The molecule has 0 amide bonds. The van der Waals surface area contributed by atoms with E-state index in [9.17, 15) is 0 Å². The lowest BCUT2D eigenvalue weighted by atomic mass is 9.93. The van der Waals surface area contributed by atoms with Gasteiger partial charge in [0.1, 0.15) is 11.2 Å². The Labute approximate surface area is 382 Å². The molecule has 0 N–H and O–H groups in total. The molecule has 0 fully saturated rings. The van der Waals surface area contributed by atoms with Crippen LogP contribution < -0.4 is 4.90 Å². The Bertz CT molecular complexity index is 3530. The fourth-order valence-corrected chi connectivity index (χ4v) is 9.13. The summed E-state index contributed by atoms with van der Waals surface area (Å²) in [5.74, 6) is 1.87. The second-order valence-electron chi connectivity index (χ2n) is 16.4. The highest BCUT2D eigenvalue weighted by Crippen LogP contribution is 2.47. The summed E-state index contributed by atoms with van der Waals surface area (Å²) in [6, 6.07) is 84.8. The van der Waals surface area contributed by atoms with Crippen LogP contribution in [0.3, 0.4) is 0 Å². The first kappa shape index (κ1) is 38.7. The van der Waals surface area contributed by atoms with Crippen LogP contribution in [0.5, 0.6) is 0 Å².